The molecule has 3 N–H and O–H groups in total. The van der Waals surface area contributed by atoms with Crippen LogP contribution in [0.2, 0.25) is 0 Å². The minimum Gasteiger partial charge on any atom is -0.388 e. The zero-order valence-electron chi connectivity index (χ0n) is 9.60. The van der Waals surface area contributed by atoms with E-state index in [-0.39, 0.29) is 5.78 Å². The first-order chi connectivity index (χ1) is 7.63. The van der Waals surface area contributed by atoms with E-state index in [4.69, 9.17) is 11.6 Å². The lowest BCUT2D eigenvalue weighted by atomic mass is 10.1. The largest absolute Gasteiger partial charge is 0.388 e. The van der Waals surface area contributed by atoms with Gasteiger partial charge in [0.15, 0.2) is 5.78 Å². The molecule has 0 aromatic heterocycles. The van der Waals surface area contributed by atoms with Gasteiger partial charge in [-0.25, -0.2) is 0 Å². The van der Waals surface area contributed by atoms with Crippen LogP contribution in [0, 0.1) is 0 Å². The number of carbonyl (C=O) groups is 1. The highest BCUT2D eigenvalue weighted by atomic mass is 35.5. The summed E-state index contributed by atoms with van der Waals surface area (Å²) < 4.78 is 0. The Hall–Kier alpha value is -1.26. The molecule has 0 aliphatic carbocycles. The maximum Gasteiger partial charge on any atom is 0.197 e. The number of likely N-dealkylation sites (N-methyl/N-ethyl adjacent to an activating group) is 1. The highest BCUT2D eigenvalue weighted by Gasteiger charge is 2.18. The Labute approximate surface area is 100 Å². The van der Waals surface area contributed by atoms with E-state index in [1.165, 1.54) is 0 Å². The van der Waals surface area contributed by atoms with E-state index in [2.05, 4.69) is 16.0 Å². The molecule has 16 heavy (non-hydrogen) atoms. The zero-order chi connectivity index (χ0) is 12.1. The van der Waals surface area contributed by atoms with Crippen molar-refractivity contribution in [1.82, 2.24) is 5.32 Å². The first kappa shape index (κ1) is 12.8. The summed E-state index contributed by atoms with van der Waals surface area (Å²) in [5.74, 6) is -0.142. The zero-order valence-corrected chi connectivity index (χ0v) is 10.4. The molecule has 1 aromatic carbocycles. The van der Waals surface area contributed by atoms with Crippen LogP contribution in [0.1, 0.15) is 10.4 Å². The van der Waals surface area contributed by atoms with E-state index in [1.54, 1.807) is 20.2 Å². The Balaban J connectivity index is 3.08. The Morgan fingerprint density at radius 3 is 2.44 bits per heavy atom. The van der Waals surface area contributed by atoms with Gasteiger partial charge in [-0.15, -0.1) is 0 Å². The van der Waals surface area contributed by atoms with Crippen LogP contribution in [0.4, 0.5) is 11.4 Å². The average molecular weight is 242 g/mol. The van der Waals surface area contributed by atoms with Crippen LogP contribution in [0.15, 0.2) is 18.2 Å². The number of hydrogen-bond acceptors (Lipinski definition) is 4. The van der Waals surface area contributed by atoms with Crippen LogP contribution in [0.5, 0.6) is 0 Å². The lowest BCUT2D eigenvalue weighted by Gasteiger charge is -2.13. The van der Waals surface area contributed by atoms with E-state index in [0.29, 0.717) is 5.56 Å². The van der Waals surface area contributed by atoms with Crippen LogP contribution in [0.25, 0.3) is 0 Å². The second-order valence-corrected chi connectivity index (χ2v) is 3.71. The number of ketones is 1. The number of anilines is 2. The number of rotatable bonds is 5. The summed E-state index contributed by atoms with van der Waals surface area (Å²) in [5, 5.41) is 8.71. The standard InChI is InChI=1S/C11H16ClN3O/c1-13-7-4-5-8(9(6-7)14-2)10(16)11(12)15-3/h4-6,11,13-15H,1-3H3. The van der Waals surface area contributed by atoms with Crippen molar-refractivity contribution in [2.75, 3.05) is 31.8 Å². The third-order valence-corrected chi connectivity index (χ3v) is 2.74. The van der Waals surface area contributed by atoms with E-state index < -0.39 is 5.50 Å². The Kier molecular flexibility index (Phi) is 4.58. The molecule has 1 aromatic rings. The fourth-order valence-corrected chi connectivity index (χ4v) is 1.51. The molecule has 4 nitrogen and oxygen atoms in total. The van der Waals surface area contributed by atoms with Gasteiger partial charge in [0.25, 0.3) is 0 Å². The topological polar surface area (TPSA) is 53.2 Å². The van der Waals surface area contributed by atoms with Crippen molar-refractivity contribution in [3.63, 3.8) is 0 Å². The third kappa shape index (κ3) is 2.65. The number of carbonyl (C=O) groups excluding carboxylic acids is 1. The van der Waals surface area contributed by atoms with Crippen molar-refractivity contribution in [2.24, 2.45) is 0 Å². The van der Waals surface area contributed by atoms with Gasteiger partial charge in [-0.2, -0.15) is 0 Å². The fourth-order valence-electron chi connectivity index (χ4n) is 1.39. The SMILES string of the molecule is CNc1ccc(C(=O)C(Cl)NC)c(NC)c1. The van der Waals surface area contributed by atoms with Crippen molar-refractivity contribution in [3.8, 4) is 0 Å². The summed E-state index contributed by atoms with van der Waals surface area (Å²) in [6.07, 6.45) is 0. The number of nitrogens with one attached hydrogen (secondary N) is 3. The summed E-state index contributed by atoms with van der Waals surface area (Å²) in [5.41, 5.74) is 1.58. The highest BCUT2D eigenvalue weighted by molar-refractivity contribution is 6.34. The minimum absolute atomic E-state index is 0.142. The monoisotopic (exact) mass is 241 g/mol. The van der Waals surface area contributed by atoms with Crippen molar-refractivity contribution >= 4 is 28.8 Å². The molecule has 0 radical (unpaired) electrons. The van der Waals surface area contributed by atoms with Gasteiger partial charge in [0.05, 0.1) is 0 Å². The maximum absolute atomic E-state index is 11.9. The summed E-state index contributed by atoms with van der Waals surface area (Å²) in [7, 11) is 5.25. The van der Waals surface area contributed by atoms with Crippen molar-refractivity contribution < 1.29 is 4.79 Å². The molecular formula is C11H16ClN3O. The van der Waals surface area contributed by atoms with E-state index in [1.807, 2.05) is 19.2 Å². The maximum atomic E-state index is 11.9. The molecule has 0 spiro atoms. The Bertz CT molecular complexity index is 381. The molecule has 1 rings (SSSR count). The highest BCUT2D eigenvalue weighted by Crippen LogP contribution is 2.22. The van der Waals surface area contributed by atoms with Gasteiger partial charge >= 0.3 is 0 Å². The molecule has 0 amide bonds. The van der Waals surface area contributed by atoms with Crippen LogP contribution in [-0.4, -0.2) is 32.4 Å². The third-order valence-electron chi connectivity index (χ3n) is 2.33. The molecule has 1 unspecified atom stereocenters. The van der Waals surface area contributed by atoms with Gasteiger partial charge in [-0.05, 0) is 25.2 Å². The molecule has 0 bridgehead atoms. The van der Waals surface area contributed by atoms with E-state index in [0.717, 1.165) is 11.4 Å². The molecule has 0 saturated carbocycles. The van der Waals surface area contributed by atoms with Crippen molar-refractivity contribution in [1.29, 1.82) is 0 Å². The van der Waals surface area contributed by atoms with E-state index in [9.17, 15) is 4.79 Å². The first-order valence-electron chi connectivity index (χ1n) is 4.99. The van der Waals surface area contributed by atoms with Gasteiger partial charge < -0.3 is 10.6 Å². The summed E-state index contributed by atoms with van der Waals surface area (Å²) in [6.45, 7) is 0. The van der Waals surface area contributed by atoms with E-state index >= 15 is 0 Å². The predicted octanol–water partition coefficient (Wildman–Crippen LogP) is 1.74. The Morgan fingerprint density at radius 2 is 1.94 bits per heavy atom. The number of benzene rings is 1. The van der Waals surface area contributed by atoms with Gasteiger partial charge in [0.2, 0.25) is 0 Å². The average Bonchev–Trinajstić information content (AvgIpc) is 2.35. The van der Waals surface area contributed by atoms with Crippen molar-refractivity contribution in [3.05, 3.63) is 23.8 Å². The molecular weight excluding hydrogens is 226 g/mol. The quantitative estimate of drug-likeness (QED) is 0.418. The number of hydrogen-bond donors (Lipinski definition) is 3. The number of Topliss-reactive ketones (excluding diaryl/α,β-unsaturated/α-hetero) is 1. The van der Waals surface area contributed by atoms with Gasteiger partial charge in [-0.1, -0.05) is 11.6 Å². The van der Waals surface area contributed by atoms with Crippen LogP contribution in [0.3, 0.4) is 0 Å². The number of alkyl halides is 1. The smallest absolute Gasteiger partial charge is 0.197 e. The lowest BCUT2D eigenvalue weighted by molar-refractivity contribution is 0.0979. The minimum atomic E-state index is -0.701. The van der Waals surface area contributed by atoms with Gasteiger partial charge in [0.1, 0.15) is 5.50 Å². The fraction of sp³-hybridized carbons (Fsp3) is 0.364. The molecule has 1 atom stereocenters. The summed E-state index contributed by atoms with van der Waals surface area (Å²) >= 11 is 5.85. The van der Waals surface area contributed by atoms with Gasteiger partial charge in [0, 0.05) is 31.0 Å². The molecule has 5 heteroatoms. The van der Waals surface area contributed by atoms with Crippen LogP contribution in [-0.2, 0) is 0 Å². The van der Waals surface area contributed by atoms with Crippen molar-refractivity contribution in [2.45, 2.75) is 5.50 Å². The Morgan fingerprint density at radius 1 is 1.25 bits per heavy atom. The second-order valence-electron chi connectivity index (χ2n) is 3.28. The molecule has 0 saturated heterocycles. The molecule has 0 heterocycles. The van der Waals surface area contributed by atoms with Crippen LogP contribution < -0.4 is 16.0 Å². The second kappa shape index (κ2) is 5.72. The first-order valence-corrected chi connectivity index (χ1v) is 5.42. The predicted molar refractivity (Wildman–Crippen MR) is 68.6 cm³/mol. The molecule has 0 aliphatic rings. The normalized spacial score (nSPS) is 12.0. The van der Waals surface area contributed by atoms with Gasteiger partial charge in [-0.3, -0.25) is 10.1 Å². The van der Waals surface area contributed by atoms with Crippen LogP contribution >= 0.6 is 11.6 Å². The summed E-state index contributed by atoms with van der Waals surface area (Å²) in [6, 6.07) is 5.46. The lowest BCUT2D eigenvalue weighted by Crippen LogP contribution is -2.28. The summed E-state index contributed by atoms with van der Waals surface area (Å²) in [4.78, 5) is 11.9. The number of halogens is 1. The molecule has 88 valence electrons. The molecule has 0 aliphatic heterocycles. The molecule has 0 fully saturated rings.